The smallest absolute Gasteiger partial charge is 0.332 e. The molecule has 0 spiro atoms. The van der Waals surface area contributed by atoms with Gasteiger partial charge in [0.2, 0.25) is 5.91 Å². The maximum absolute atomic E-state index is 13.2. The molecule has 4 amide bonds. The molecule has 2 atom stereocenters. The molecule has 0 unspecified atom stereocenters. The third-order valence-electron chi connectivity index (χ3n) is 5.52. The molecule has 0 bridgehead atoms. The number of amides is 4. The van der Waals surface area contributed by atoms with Gasteiger partial charge in [-0.25, -0.2) is 14.7 Å². The molecule has 3 heterocycles. The van der Waals surface area contributed by atoms with Crippen molar-refractivity contribution in [2.45, 2.75) is 38.3 Å². The highest BCUT2D eigenvalue weighted by molar-refractivity contribution is 7.21. The summed E-state index contributed by atoms with van der Waals surface area (Å²) in [6, 6.07) is 0.886. The molecule has 1 fully saturated rings. The number of thiophene rings is 1. The summed E-state index contributed by atoms with van der Waals surface area (Å²) in [6.45, 7) is 5.33. The van der Waals surface area contributed by atoms with E-state index in [4.69, 9.17) is 5.73 Å². The summed E-state index contributed by atoms with van der Waals surface area (Å²) in [7, 11) is 0. The Morgan fingerprint density at radius 3 is 2.81 bits per heavy atom. The summed E-state index contributed by atoms with van der Waals surface area (Å²) in [4.78, 5) is 44.5. The Kier molecular flexibility index (Phi) is 5.95. The molecule has 4 rings (SSSR count). The van der Waals surface area contributed by atoms with Crippen LogP contribution >= 0.6 is 11.3 Å². The van der Waals surface area contributed by atoms with E-state index in [1.807, 2.05) is 13.0 Å². The number of anilines is 2. The van der Waals surface area contributed by atoms with Crippen molar-refractivity contribution < 1.29 is 14.4 Å². The van der Waals surface area contributed by atoms with Crippen LogP contribution in [0, 0.1) is 0 Å². The lowest BCUT2D eigenvalue weighted by Crippen LogP contribution is -2.48. The van der Waals surface area contributed by atoms with Gasteiger partial charge >= 0.3 is 6.03 Å². The second kappa shape index (κ2) is 8.83. The molecule has 32 heavy (non-hydrogen) atoms. The number of carbonyl (C=O) groups excluding carboxylic acids is 3. The Hall–Kier alpha value is -3.66. The van der Waals surface area contributed by atoms with Crippen molar-refractivity contribution in [3.8, 4) is 0 Å². The summed E-state index contributed by atoms with van der Waals surface area (Å²) in [5.74, 6) is -0.328. The zero-order valence-corrected chi connectivity index (χ0v) is 18.4. The minimum atomic E-state index is -0.451. The maximum atomic E-state index is 13.2. The standard InChI is InChI=1S/C22H24N6O3S/c1-3-5-9-15(23)28-14-10-11-24-21-17(14)18(27-22(28)31)19(32-21)20(30)26-13-8-6-7-12(13)25-16(29)4-2/h3-5,9-13H,2,6-8,23H2,1H3,(H,25,29)(H,26,30)(H,27,31)/b5-3-,15-9+/t12-,13+/m1/s1. The van der Waals surface area contributed by atoms with Crippen LogP contribution in [-0.2, 0) is 4.79 Å². The molecule has 166 valence electrons. The van der Waals surface area contributed by atoms with Crippen LogP contribution in [0.3, 0.4) is 0 Å². The van der Waals surface area contributed by atoms with Crippen LogP contribution in [0.25, 0.3) is 10.2 Å². The van der Waals surface area contributed by atoms with Gasteiger partial charge in [0.1, 0.15) is 15.5 Å². The van der Waals surface area contributed by atoms with Crippen molar-refractivity contribution in [2.75, 3.05) is 10.2 Å². The highest BCUT2D eigenvalue weighted by Crippen LogP contribution is 2.44. The van der Waals surface area contributed by atoms with Gasteiger partial charge < -0.3 is 21.7 Å². The number of nitrogens with two attached hydrogens (primary N) is 1. The summed E-state index contributed by atoms with van der Waals surface area (Å²) >= 11 is 1.21. The first-order valence-corrected chi connectivity index (χ1v) is 11.1. The maximum Gasteiger partial charge on any atom is 0.332 e. The van der Waals surface area contributed by atoms with Crippen molar-refractivity contribution in [1.82, 2.24) is 15.6 Å². The Labute approximate surface area is 189 Å². The third-order valence-corrected chi connectivity index (χ3v) is 6.61. The first-order valence-electron chi connectivity index (χ1n) is 10.3. The molecule has 0 aromatic carbocycles. The molecule has 0 saturated heterocycles. The lowest BCUT2D eigenvalue weighted by atomic mass is 10.1. The number of rotatable bonds is 6. The van der Waals surface area contributed by atoms with Gasteiger partial charge in [-0.05, 0) is 44.4 Å². The van der Waals surface area contributed by atoms with E-state index in [-0.39, 0.29) is 29.7 Å². The van der Waals surface area contributed by atoms with Crippen LogP contribution in [0.1, 0.15) is 35.9 Å². The largest absolute Gasteiger partial charge is 0.385 e. The monoisotopic (exact) mass is 452 g/mol. The van der Waals surface area contributed by atoms with E-state index < -0.39 is 6.03 Å². The fraction of sp³-hybridized carbons (Fsp3) is 0.273. The first kappa shape index (κ1) is 21.6. The Bertz CT molecular complexity index is 1170. The fourth-order valence-electron chi connectivity index (χ4n) is 4.05. The zero-order valence-electron chi connectivity index (χ0n) is 17.6. The SMILES string of the molecule is C=CC(=O)N[C@@H]1CCC[C@@H]1NC(=O)c1sc2nccc3c2c1NC(=O)N3/C(N)=C/C=C\C. The number of aromatic nitrogens is 1. The van der Waals surface area contributed by atoms with Crippen LogP contribution in [-0.4, -0.2) is 34.9 Å². The number of urea groups is 1. The van der Waals surface area contributed by atoms with Crippen molar-refractivity contribution in [3.63, 3.8) is 0 Å². The molecule has 9 nitrogen and oxygen atoms in total. The van der Waals surface area contributed by atoms with Gasteiger partial charge in [-0.3, -0.25) is 9.59 Å². The van der Waals surface area contributed by atoms with E-state index in [2.05, 4.69) is 27.5 Å². The molecule has 2 aromatic heterocycles. The van der Waals surface area contributed by atoms with Gasteiger partial charge in [0.15, 0.2) is 0 Å². The second-order valence-electron chi connectivity index (χ2n) is 7.53. The number of carbonyl (C=O) groups is 3. The normalized spacial score (nSPS) is 20.5. The van der Waals surface area contributed by atoms with E-state index >= 15 is 0 Å². The Morgan fingerprint density at radius 1 is 1.34 bits per heavy atom. The average Bonchev–Trinajstić information content (AvgIpc) is 3.37. The summed E-state index contributed by atoms with van der Waals surface area (Å²) < 4.78 is 0. The number of pyridine rings is 1. The molecule has 1 aliphatic carbocycles. The summed E-state index contributed by atoms with van der Waals surface area (Å²) in [5.41, 5.74) is 7.13. The van der Waals surface area contributed by atoms with Crippen molar-refractivity contribution in [3.05, 3.63) is 53.8 Å². The fourth-order valence-corrected chi connectivity index (χ4v) is 5.07. The van der Waals surface area contributed by atoms with Gasteiger partial charge in [-0.1, -0.05) is 18.7 Å². The topological polar surface area (TPSA) is 129 Å². The molecule has 5 N–H and O–H groups in total. The van der Waals surface area contributed by atoms with E-state index in [9.17, 15) is 14.4 Å². The quantitative estimate of drug-likeness (QED) is 0.396. The molecule has 10 heteroatoms. The number of allylic oxidation sites excluding steroid dienone is 3. The van der Waals surface area contributed by atoms with Crippen molar-refractivity contribution in [2.24, 2.45) is 5.73 Å². The number of nitrogens with zero attached hydrogens (tertiary/aromatic N) is 2. The zero-order chi connectivity index (χ0) is 22.8. The number of hydrogen-bond acceptors (Lipinski definition) is 6. The van der Waals surface area contributed by atoms with E-state index in [1.54, 1.807) is 24.4 Å². The highest BCUT2D eigenvalue weighted by Gasteiger charge is 2.35. The minimum absolute atomic E-state index is 0.162. The predicted octanol–water partition coefficient (Wildman–Crippen LogP) is 2.98. The van der Waals surface area contributed by atoms with Crippen molar-refractivity contribution in [1.29, 1.82) is 0 Å². The molecular formula is C22H24N6O3S. The van der Waals surface area contributed by atoms with Crippen LogP contribution in [0.2, 0.25) is 0 Å². The van der Waals surface area contributed by atoms with Crippen LogP contribution in [0.4, 0.5) is 16.2 Å². The van der Waals surface area contributed by atoms with E-state index in [1.165, 1.54) is 22.3 Å². The summed E-state index contributed by atoms with van der Waals surface area (Å²) in [5, 5.41) is 9.36. The molecule has 2 aromatic rings. The van der Waals surface area contributed by atoms with Gasteiger partial charge in [-0.15, -0.1) is 11.3 Å². The van der Waals surface area contributed by atoms with Crippen LogP contribution in [0.5, 0.6) is 0 Å². The lowest BCUT2D eigenvalue weighted by molar-refractivity contribution is -0.117. The van der Waals surface area contributed by atoms with Gasteiger partial charge in [0, 0.05) is 18.3 Å². The van der Waals surface area contributed by atoms with Gasteiger partial charge in [0.05, 0.1) is 16.8 Å². The van der Waals surface area contributed by atoms with E-state index in [0.29, 0.717) is 26.5 Å². The lowest BCUT2D eigenvalue weighted by Gasteiger charge is -2.28. The molecule has 2 aliphatic rings. The number of nitrogens with one attached hydrogen (secondary N) is 3. The molecule has 0 radical (unpaired) electrons. The highest BCUT2D eigenvalue weighted by atomic mass is 32.1. The van der Waals surface area contributed by atoms with Gasteiger partial charge in [-0.2, -0.15) is 0 Å². The molecular weight excluding hydrogens is 428 g/mol. The predicted molar refractivity (Wildman–Crippen MR) is 125 cm³/mol. The summed E-state index contributed by atoms with van der Waals surface area (Å²) in [6.07, 6.45) is 10.4. The molecule has 1 saturated carbocycles. The minimum Gasteiger partial charge on any atom is -0.385 e. The third kappa shape index (κ3) is 3.84. The van der Waals surface area contributed by atoms with Gasteiger partial charge in [0.25, 0.3) is 5.91 Å². The van der Waals surface area contributed by atoms with E-state index in [0.717, 1.165) is 19.3 Å². The first-order chi connectivity index (χ1) is 15.4. The second-order valence-corrected chi connectivity index (χ2v) is 8.53. The van der Waals surface area contributed by atoms with Crippen LogP contribution < -0.4 is 26.6 Å². The van der Waals surface area contributed by atoms with Crippen molar-refractivity contribution >= 4 is 50.8 Å². The Morgan fingerprint density at radius 2 is 2.09 bits per heavy atom. The number of hydrogen-bond donors (Lipinski definition) is 4. The van der Waals surface area contributed by atoms with Crippen LogP contribution in [0.15, 0.2) is 49.0 Å². The Balaban J connectivity index is 1.66. The molecule has 1 aliphatic heterocycles. The average molecular weight is 453 g/mol.